The summed E-state index contributed by atoms with van der Waals surface area (Å²) in [6.45, 7) is 4.04. The van der Waals surface area contributed by atoms with E-state index in [2.05, 4.69) is 27.0 Å². The summed E-state index contributed by atoms with van der Waals surface area (Å²) in [4.78, 5) is 14.8. The Labute approximate surface area is 148 Å². The van der Waals surface area contributed by atoms with E-state index in [0.717, 1.165) is 43.3 Å². The number of aliphatic carboxylic acids is 1. The summed E-state index contributed by atoms with van der Waals surface area (Å²) in [6, 6.07) is 9.83. The molecule has 0 unspecified atom stereocenters. The Morgan fingerprint density at radius 3 is 2.67 bits per heavy atom. The highest BCUT2D eigenvalue weighted by Crippen LogP contribution is 2.38. The number of hydrogen-bond donors (Lipinski definition) is 2. The lowest BCUT2D eigenvalue weighted by Gasteiger charge is -2.09. The number of hydrogen-bond acceptors (Lipinski definition) is 2. The van der Waals surface area contributed by atoms with Crippen molar-refractivity contribution in [2.45, 2.75) is 20.3 Å². The third kappa shape index (κ3) is 2.91. The molecule has 2 aromatic carbocycles. The van der Waals surface area contributed by atoms with E-state index >= 15 is 0 Å². The van der Waals surface area contributed by atoms with Gasteiger partial charge >= 0.3 is 5.97 Å². The number of aromatic nitrogens is 1. The number of carboxylic acid groups (broad SMARTS) is 1. The van der Waals surface area contributed by atoms with Gasteiger partial charge in [0.2, 0.25) is 0 Å². The van der Waals surface area contributed by atoms with Crippen molar-refractivity contribution in [3.63, 3.8) is 0 Å². The molecule has 0 atom stereocenters. The lowest BCUT2D eigenvalue weighted by Crippen LogP contribution is -2.01. The van der Waals surface area contributed by atoms with Gasteiger partial charge in [-0.2, -0.15) is 0 Å². The topological polar surface area (TPSA) is 62.3 Å². The fourth-order valence-electron chi connectivity index (χ4n) is 3.15. The molecule has 0 bridgehead atoms. The lowest BCUT2D eigenvalue weighted by atomic mass is 10.00. The van der Waals surface area contributed by atoms with Crippen molar-refractivity contribution in [3.8, 4) is 17.0 Å². The first-order valence-electron chi connectivity index (χ1n) is 7.58. The van der Waals surface area contributed by atoms with Gasteiger partial charge in [-0.25, -0.2) is 0 Å². The van der Waals surface area contributed by atoms with Crippen LogP contribution in [-0.2, 0) is 11.2 Å². The van der Waals surface area contributed by atoms with E-state index in [1.165, 1.54) is 0 Å². The average molecular weight is 388 g/mol. The fraction of sp³-hybridized carbons (Fsp3) is 0.211. The number of H-pyrrole nitrogens is 1. The average Bonchev–Trinajstić information content (AvgIpc) is 2.85. The number of carboxylic acids is 1. The predicted octanol–water partition coefficient (Wildman–Crippen LogP) is 4.85. The quantitative estimate of drug-likeness (QED) is 0.672. The number of carbonyl (C=O) groups is 1. The molecule has 1 aromatic heterocycles. The Kier molecular flexibility index (Phi) is 4.37. The van der Waals surface area contributed by atoms with Crippen LogP contribution in [0.5, 0.6) is 5.75 Å². The molecule has 0 aliphatic heterocycles. The van der Waals surface area contributed by atoms with Crippen LogP contribution in [0.25, 0.3) is 22.2 Å². The maximum atomic E-state index is 11.4. The number of methoxy groups -OCH3 is 1. The fourth-order valence-corrected chi connectivity index (χ4v) is 3.51. The first kappa shape index (κ1) is 16.6. The van der Waals surface area contributed by atoms with Crippen LogP contribution in [0.15, 0.2) is 34.8 Å². The molecule has 0 saturated heterocycles. The molecule has 3 rings (SSSR count). The van der Waals surface area contributed by atoms with Crippen molar-refractivity contribution in [1.29, 1.82) is 0 Å². The number of aryl methyl sites for hydroxylation is 2. The van der Waals surface area contributed by atoms with Crippen LogP contribution in [-0.4, -0.2) is 23.2 Å². The molecule has 0 spiro atoms. The van der Waals surface area contributed by atoms with Crippen LogP contribution in [0.2, 0.25) is 0 Å². The SMILES string of the molecule is COc1ccc(Br)cc1-c1[nH]c2c(C)cc(C)cc2c1CC(=O)O. The van der Waals surface area contributed by atoms with Gasteiger partial charge in [-0.3, -0.25) is 4.79 Å². The maximum absolute atomic E-state index is 11.4. The molecule has 2 N–H and O–H groups in total. The van der Waals surface area contributed by atoms with E-state index in [-0.39, 0.29) is 6.42 Å². The van der Waals surface area contributed by atoms with Gasteiger partial charge in [0.1, 0.15) is 5.75 Å². The summed E-state index contributed by atoms with van der Waals surface area (Å²) in [5.41, 5.74) is 5.58. The van der Waals surface area contributed by atoms with Gasteiger partial charge in [-0.05, 0) is 49.2 Å². The van der Waals surface area contributed by atoms with Crippen molar-refractivity contribution >= 4 is 32.8 Å². The molecule has 0 saturated carbocycles. The largest absolute Gasteiger partial charge is 0.496 e. The van der Waals surface area contributed by atoms with Gasteiger partial charge < -0.3 is 14.8 Å². The molecule has 0 amide bonds. The molecule has 24 heavy (non-hydrogen) atoms. The Morgan fingerprint density at radius 2 is 2.00 bits per heavy atom. The lowest BCUT2D eigenvalue weighted by molar-refractivity contribution is -0.136. The van der Waals surface area contributed by atoms with Crippen molar-refractivity contribution in [2.24, 2.45) is 0 Å². The van der Waals surface area contributed by atoms with E-state index in [1.807, 2.05) is 38.1 Å². The van der Waals surface area contributed by atoms with Gasteiger partial charge in [0.05, 0.1) is 19.2 Å². The second kappa shape index (κ2) is 6.32. The van der Waals surface area contributed by atoms with Crippen molar-refractivity contribution in [2.75, 3.05) is 7.11 Å². The summed E-state index contributed by atoms with van der Waals surface area (Å²) in [5, 5.41) is 10.3. The number of aromatic amines is 1. The van der Waals surface area contributed by atoms with E-state index in [0.29, 0.717) is 5.75 Å². The van der Waals surface area contributed by atoms with Crippen molar-refractivity contribution in [1.82, 2.24) is 4.98 Å². The Hall–Kier alpha value is -2.27. The van der Waals surface area contributed by atoms with Crippen LogP contribution >= 0.6 is 15.9 Å². The number of nitrogens with one attached hydrogen (secondary N) is 1. The first-order chi connectivity index (χ1) is 11.4. The zero-order valence-corrected chi connectivity index (χ0v) is 15.3. The number of halogens is 1. The second-order valence-electron chi connectivity index (χ2n) is 5.90. The molecule has 0 fully saturated rings. The van der Waals surface area contributed by atoms with E-state index < -0.39 is 5.97 Å². The molecular weight excluding hydrogens is 370 g/mol. The second-order valence-corrected chi connectivity index (χ2v) is 6.81. The summed E-state index contributed by atoms with van der Waals surface area (Å²) in [6.07, 6.45) is -0.0477. The highest BCUT2D eigenvalue weighted by atomic mass is 79.9. The third-order valence-electron chi connectivity index (χ3n) is 4.12. The number of rotatable bonds is 4. The highest BCUT2D eigenvalue weighted by molar-refractivity contribution is 9.10. The normalized spacial score (nSPS) is 11.0. The third-order valence-corrected chi connectivity index (χ3v) is 4.61. The smallest absolute Gasteiger partial charge is 0.307 e. The summed E-state index contributed by atoms with van der Waals surface area (Å²) in [5.74, 6) is -0.156. The summed E-state index contributed by atoms with van der Waals surface area (Å²) < 4.78 is 6.38. The van der Waals surface area contributed by atoms with Crippen LogP contribution in [0.1, 0.15) is 16.7 Å². The molecule has 4 nitrogen and oxygen atoms in total. The van der Waals surface area contributed by atoms with Crippen LogP contribution in [0.4, 0.5) is 0 Å². The zero-order chi connectivity index (χ0) is 17.4. The minimum atomic E-state index is -0.856. The van der Waals surface area contributed by atoms with E-state index in [1.54, 1.807) is 7.11 Å². The van der Waals surface area contributed by atoms with Crippen molar-refractivity contribution < 1.29 is 14.6 Å². The minimum absolute atomic E-state index is 0.0477. The molecule has 0 aliphatic carbocycles. The Bertz CT molecular complexity index is 943. The molecular formula is C19H18BrNO3. The zero-order valence-electron chi connectivity index (χ0n) is 13.7. The number of ether oxygens (including phenoxy) is 1. The Morgan fingerprint density at radius 1 is 1.25 bits per heavy atom. The van der Waals surface area contributed by atoms with Gasteiger partial charge in [-0.15, -0.1) is 0 Å². The number of benzene rings is 2. The van der Waals surface area contributed by atoms with Gasteiger partial charge in [0, 0.05) is 20.9 Å². The highest BCUT2D eigenvalue weighted by Gasteiger charge is 2.20. The van der Waals surface area contributed by atoms with E-state index in [4.69, 9.17) is 4.74 Å². The molecule has 1 heterocycles. The predicted molar refractivity (Wildman–Crippen MR) is 98.8 cm³/mol. The molecule has 0 aliphatic rings. The van der Waals surface area contributed by atoms with Crippen LogP contribution in [0, 0.1) is 13.8 Å². The van der Waals surface area contributed by atoms with Gasteiger partial charge in [0.15, 0.2) is 0 Å². The standard InChI is InChI=1S/C19H18BrNO3/c1-10-6-11(2)18-13(7-10)14(9-17(22)23)19(21-18)15-8-12(20)4-5-16(15)24-3/h4-8,21H,9H2,1-3H3,(H,22,23). The summed E-state index contributed by atoms with van der Waals surface area (Å²) >= 11 is 3.48. The monoisotopic (exact) mass is 387 g/mol. The van der Waals surface area contributed by atoms with Crippen LogP contribution < -0.4 is 4.74 Å². The van der Waals surface area contributed by atoms with Crippen LogP contribution in [0.3, 0.4) is 0 Å². The maximum Gasteiger partial charge on any atom is 0.307 e. The molecule has 3 aromatic rings. The van der Waals surface area contributed by atoms with E-state index in [9.17, 15) is 9.90 Å². The van der Waals surface area contributed by atoms with Gasteiger partial charge in [-0.1, -0.05) is 27.6 Å². The van der Waals surface area contributed by atoms with Gasteiger partial charge in [0.25, 0.3) is 0 Å². The first-order valence-corrected chi connectivity index (χ1v) is 8.37. The van der Waals surface area contributed by atoms with Crippen molar-refractivity contribution in [3.05, 3.63) is 51.5 Å². The minimum Gasteiger partial charge on any atom is -0.496 e. The molecule has 124 valence electrons. The molecule has 5 heteroatoms. The Balaban J connectivity index is 2.37. The summed E-state index contributed by atoms with van der Waals surface area (Å²) in [7, 11) is 1.61. The molecule has 0 radical (unpaired) electrons. The number of fused-ring (bicyclic) bond motifs is 1.